The second kappa shape index (κ2) is 6.95. The van der Waals surface area contributed by atoms with Crippen LogP contribution in [0.4, 0.5) is 5.69 Å². The van der Waals surface area contributed by atoms with E-state index in [1.165, 1.54) is 0 Å². The van der Waals surface area contributed by atoms with Crippen LogP contribution in [0.1, 0.15) is 16.8 Å². The molecule has 6 heteroatoms. The van der Waals surface area contributed by atoms with Crippen LogP contribution in [0.5, 0.6) is 0 Å². The zero-order valence-electron chi connectivity index (χ0n) is 12.9. The van der Waals surface area contributed by atoms with E-state index in [0.29, 0.717) is 12.1 Å². The quantitative estimate of drug-likeness (QED) is 0.840. The van der Waals surface area contributed by atoms with Gasteiger partial charge in [0.25, 0.3) is 5.91 Å². The molecule has 1 aliphatic heterocycles. The lowest BCUT2D eigenvalue weighted by Crippen LogP contribution is -2.45. The zero-order chi connectivity index (χ0) is 16.9. The minimum Gasteiger partial charge on any atom is -0.312 e. The molecule has 2 aromatic rings. The van der Waals surface area contributed by atoms with Crippen molar-refractivity contribution in [1.82, 2.24) is 10.9 Å². The first kappa shape index (κ1) is 15.7. The van der Waals surface area contributed by atoms with Gasteiger partial charge in [-0.2, -0.15) is 0 Å². The maximum Gasteiger partial charge on any atom is 0.269 e. The molecule has 1 atom stereocenters. The highest BCUT2D eigenvalue weighted by atomic mass is 16.2. The predicted octanol–water partition coefficient (Wildman–Crippen LogP) is 1.50. The second-order valence-corrected chi connectivity index (χ2v) is 5.55. The molecule has 0 saturated carbocycles. The average molecular weight is 323 g/mol. The number of hydrogen-bond acceptors (Lipinski definition) is 3. The first-order valence-corrected chi connectivity index (χ1v) is 7.66. The zero-order valence-corrected chi connectivity index (χ0v) is 12.9. The highest BCUT2D eigenvalue weighted by Crippen LogP contribution is 2.24. The van der Waals surface area contributed by atoms with Crippen LogP contribution in [0.3, 0.4) is 0 Å². The van der Waals surface area contributed by atoms with Gasteiger partial charge >= 0.3 is 0 Å². The average Bonchev–Trinajstić information content (AvgIpc) is 3.02. The predicted molar refractivity (Wildman–Crippen MR) is 89.0 cm³/mol. The van der Waals surface area contributed by atoms with Gasteiger partial charge < -0.3 is 4.90 Å². The summed E-state index contributed by atoms with van der Waals surface area (Å²) in [4.78, 5) is 37.8. The Kier molecular flexibility index (Phi) is 4.56. The minimum atomic E-state index is -0.492. The van der Waals surface area contributed by atoms with Gasteiger partial charge in [0, 0.05) is 24.2 Å². The third kappa shape index (κ3) is 3.43. The molecule has 2 aromatic carbocycles. The molecule has 1 heterocycles. The van der Waals surface area contributed by atoms with Gasteiger partial charge in [0.1, 0.15) is 0 Å². The lowest BCUT2D eigenvalue weighted by molar-refractivity contribution is -0.126. The van der Waals surface area contributed by atoms with Crippen molar-refractivity contribution in [3.8, 4) is 0 Å². The van der Waals surface area contributed by atoms with Gasteiger partial charge in [-0.05, 0) is 24.3 Å². The number of anilines is 1. The molecule has 2 N–H and O–H groups in total. The van der Waals surface area contributed by atoms with Gasteiger partial charge in [-0.15, -0.1) is 0 Å². The molecule has 1 aliphatic rings. The molecule has 0 spiro atoms. The maximum atomic E-state index is 12.2. The molecule has 0 aliphatic carbocycles. The Morgan fingerprint density at radius 3 is 2.21 bits per heavy atom. The van der Waals surface area contributed by atoms with E-state index in [1.807, 2.05) is 30.3 Å². The van der Waals surface area contributed by atoms with E-state index in [2.05, 4.69) is 10.9 Å². The number of hydrazine groups is 1. The third-order valence-electron chi connectivity index (χ3n) is 3.90. The summed E-state index contributed by atoms with van der Waals surface area (Å²) >= 11 is 0. The number of carbonyl (C=O) groups excluding carboxylic acids is 3. The monoisotopic (exact) mass is 323 g/mol. The summed E-state index contributed by atoms with van der Waals surface area (Å²) in [5.41, 5.74) is 5.99. The van der Waals surface area contributed by atoms with Crippen LogP contribution in [0.2, 0.25) is 0 Å². The number of rotatable bonds is 3. The van der Waals surface area contributed by atoms with E-state index in [9.17, 15) is 14.4 Å². The maximum absolute atomic E-state index is 12.2. The van der Waals surface area contributed by atoms with Gasteiger partial charge in [0.2, 0.25) is 11.8 Å². The molecule has 24 heavy (non-hydrogen) atoms. The smallest absolute Gasteiger partial charge is 0.269 e. The second-order valence-electron chi connectivity index (χ2n) is 5.55. The summed E-state index contributed by atoms with van der Waals surface area (Å²) in [6.07, 6.45) is 0.127. The van der Waals surface area contributed by atoms with Crippen molar-refractivity contribution in [1.29, 1.82) is 0 Å². The van der Waals surface area contributed by atoms with Crippen molar-refractivity contribution in [3.63, 3.8) is 0 Å². The summed E-state index contributed by atoms with van der Waals surface area (Å²) in [7, 11) is 0. The Bertz CT molecular complexity index is 747. The van der Waals surface area contributed by atoms with Gasteiger partial charge in [0.15, 0.2) is 0 Å². The fourth-order valence-corrected chi connectivity index (χ4v) is 2.62. The molecule has 3 rings (SSSR count). The number of para-hydroxylation sites is 1. The summed E-state index contributed by atoms with van der Waals surface area (Å²) in [5.74, 6) is -1.36. The normalized spacial score (nSPS) is 16.8. The highest BCUT2D eigenvalue weighted by molar-refractivity contribution is 6.01. The van der Waals surface area contributed by atoms with Crippen LogP contribution < -0.4 is 15.8 Å². The number of amides is 3. The van der Waals surface area contributed by atoms with E-state index in [0.717, 1.165) is 5.69 Å². The van der Waals surface area contributed by atoms with Crippen molar-refractivity contribution in [2.24, 2.45) is 5.92 Å². The summed E-state index contributed by atoms with van der Waals surface area (Å²) in [6, 6.07) is 17.8. The largest absolute Gasteiger partial charge is 0.312 e. The lowest BCUT2D eigenvalue weighted by atomic mass is 10.1. The molecule has 1 saturated heterocycles. The lowest BCUT2D eigenvalue weighted by Gasteiger charge is -2.16. The van der Waals surface area contributed by atoms with E-state index >= 15 is 0 Å². The Morgan fingerprint density at radius 1 is 0.917 bits per heavy atom. The Balaban J connectivity index is 1.57. The van der Waals surface area contributed by atoms with Crippen molar-refractivity contribution in [3.05, 3.63) is 66.2 Å². The van der Waals surface area contributed by atoms with Crippen LogP contribution >= 0.6 is 0 Å². The SMILES string of the molecule is O=C(NNC(=O)C1CC(=O)N(c2ccccc2)C1)c1ccccc1. The van der Waals surface area contributed by atoms with Gasteiger partial charge in [-0.3, -0.25) is 25.2 Å². The van der Waals surface area contributed by atoms with Crippen molar-refractivity contribution in [2.75, 3.05) is 11.4 Å². The Labute approximate surface area is 139 Å². The molecular weight excluding hydrogens is 306 g/mol. The van der Waals surface area contributed by atoms with E-state index in [-0.39, 0.29) is 18.2 Å². The fourth-order valence-electron chi connectivity index (χ4n) is 2.62. The number of benzene rings is 2. The number of carbonyl (C=O) groups is 3. The third-order valence-corrected chi connectivity index (χ3v) is 3.90. The minimum absolute atomic E-state index is 0.101. The fraction of sp³-hybridized carbons (Fsp3) is 0.167. The molecule has 0 aromatic heterocycles. The van der Waals surface area contributed by atoms with Crippen molar-refractivity contribution < 1.29 is 14.4 Å². The number of nitrogens with one attached hydrogen (secondary N) is 2. The summed E-state index contributed by atoms with van der Waals surface area (Å²) in [5, 5.41) is 0. The van der Waals surface area contributed by atoms with Crippen molar-refractivity contribution in [2.45, 2.75) is 6.42 Å². The van der Waals surface area contributed by atoms with Gasteiger partial charge in [-0.25, -0.2) is 0 Å². The summed E-state index contributed by atoms with van der Waals surface area (Å²) < 4.78 is 0. The Hall–Kier alpha value is -3.15. The number of hydrogen-bond donors (Lipinski definition) is 2. The molecule has 3 amide bonds. The van der Waals surface area contributed by atoms with Crippen LogP contribution in [0.15, 0.2) is 60.7 Å². The topological polar surface area (TPSA) is 78.5 Å². The molecular formula is C18H17N3O3. The first-order chi connectivity index (χ1) is 11.6. The van der Waals surface area contributed by atoms with Crippen molar-refractivity contribution >= 4 is 23.4 Å². The molecule has 0 bridgehead atoms. The summed E-state index contributed by atoms with van der Waals surface area (Å²) in [6.45, 7) is 0.301. The van der Waals surface area contributed by atoms with Crippen LogP contribution in [-0.4, -0.2) is 24.3 Å². The first-order valence-electron chi connectivity index (χ1n) is 7.66. The van der Waals surface area contributed by atoms with E-state index < -0.39 is 11.8 Å². The molecule has 6 nitrogen and oxygen atoms in total. The van der Waals surface area contributed by atoms with Gasteiger partial charge in [-0.1, -0.05) is 36.4 Å². The van der Waals surface area contributed by atoms with Crippen LogP contribution in [0, 0.1) is 5.92 Å². The standard InChI is InChI=1S/C18H17N3O3/c22-16-11-14(12-21(16)15-9-5-2-6-10-15)18(24)20-19-17(23)13-7-3-1-4-8-13/h1-10,14H,11-12H2,(H,19,23)(H,20,24). The molecule has 0 radical (unpaired) electrons. The number of nitrogens with zero attached hydrogens (tertiary/aromatic N) is 1. The van der Waals surface area contributed by atoms with Crippen LogP contribution in [0.25, 0.3) is 0 Å². The highest BCUT2D eigenvalue weighted by Gasteiger charge is 2.35. The molecule has 1 unspecified atom stereocenters. The van der Waals surface area contributed by atoms with E-state index in [4.69, 9.17) is 0 Å². The molecule has 122 valence electrons. The Morgan fingerprint density at radius 2 is 1.54 bits per heavy atom. The van der Waals surface area contributed by atoms with Gasteiger partial charge in [0.05, 0.1) is 5.92 Å². The van der Waals surface area contributed by atoms with Crippen LogP contribution in [-0.2, 0) is 9.59 Å². The van der Waals surface area contributed by atoms with E-state index in [1.54, 1.807) is 35.2 Å². The molecule has 1 fully saturated rings.